The van der Waals surface area contributed by atoms with E-state index in [0.29, 0.717) is 36.7 Å². The van der Waals surface area contributed by atoms with Crippen LogP contribution in [-0.2, 0) is 28.6 Å². The van der Waals surface area contributed by atoms with Gasteiger partial charge in [0, 0.05) is 46.2 Å². The molecule has 7 atom stereocenters. The van der Waals surface area contributed by atoms with Gasteiger partial charge in [0.25, 0.3) is 0 Å². The van der Waals surface area contributed by atoms with Gasteiger partial charge in [0.15, 0.2) is 0 Å². The maximum atomic E-state index is 13.2. The third kappa shape index (κ3) is 9.17. The van der Waals surface area contributed by atoms with E-state index >= 15 is 0 Å². The summed E-state index contributed by atoms with van der Waals surface area (Å²) in [5.41, 5.74) is 1.06. The topological polar surface area (TPSA) is 78.9 Å². The molecule has 46 heavy (non-hydrogen) atoms. The van der Waals surface area contributed by atoms with Crippen LogP contribution < -0.4 is 0 Å². The number of carbonyl (C=O) groups excluding carboxylic acids is 3. The van der Waals surface area contributed by atoms with Gasteiger partial charge in [-0.25, -0.2) is 4.79 Å². The Bertz CT molecular complexity index is 1160. The molecule has 3 aliphatic heterocycles. The van der Waals surface area contributed by atoms with Crippen LogP contribution in [-0.4, -0.2) is 59.2 Å². The van der Waals surface area contributed by atoms with Crippen molar-refractivity contribution in [3.8, 4) is 0 Å². The Morgan fingerprint density at radius 1 is 0.978 bits per heavy atom. The maximum Gasteiger partial charge on any atom is 0.338 e. The van der Waals surface area contributed by atoms with E-state index in [9.17, 15) is 14.4 Å². The molecule has 10 heteroatoms. The average molecular weight is 709 g/mol. The summed E-state index contributed by atoms with van der Waals surface area (Å²) in [5, 5.41) is 1.43. The zero-order chi connectivity index (χ0) is 32.6. The van der Waals surface area contributed by atoms with Crippen molar-refractivity contribution in [1.29, 1.82) is 0 Å². The highest BCUT2D eigenvalue weighted by Crippen LogP contribution is 2.62. The van der Waals surface area contributed by atoms with Crippen LogP contribution >= 0.6 is 43.2 Å². The summed E-state index contributed by atoms with van der Waals surface area (Å²) >= 11 is 0. The van der Waals surface area contributed by atoms with Crippen molar-refractivity contribution in [3.63, 3.8) is 0 Å². The van der Waals surface area contributed by atoms with Gasteiger partial charge < -0.3 is 14.2 Å². The van der Waals surface area contributed by atoms with Gasteiger partial charge >= 0.3 is 17.9 Å². The molecule has 0 spiro atoms. The minimum Gasteiger partial charge on any atom is -0.465 e. The number of unbranched alkanes of at least 4 members (excludes halogenated alkanes) is 2. The summed E-state index contributed by atoms with van der Waals surface area (Å²) in [6.07, 6.45) is 18.4. The van der Waals surface area contributed by atoms with Crippen molar-refractivity contribution < 1.29 is 28.6 Å². The van der Waals surface area contributed by atoms with Crippen molar-refractivity contribution in [2.45, 2.75) is 120 Å². The molecule has 0 N–H and O–H groups in total. The van der Waals surface area contributed by atoms with E-state index in [4.69, 9.17) is 14.2 Å². The summed E-state index contributed by atoms with van der Waals surface area (Å²) in [6, 6.07) is 0. The summed E-state index contributed by atoms with van der Waals surface area (Å²) in [6.45, 7) is 9.52. The van der Waals surface area contributed by atoms with Gasteiger partial charge in [0.1, 0.15) is 19.3 Å². The Kier molecular flexibility index (Phi) is 13.5. The van der Waals surface area contributed by atoms with Gasteiger partial charge in [-0.3, -0.25) is 9.59 Å². The second kappa shape index (κ2) is 17.1. The van der Waals surface area contributed by atoms with Crippen molar-refractivity contribution in [2.24, 2.45) is 22.7 Å². The number of fused-ring (bicyclic) bond motifs is 1. The highest BCUT2D eigenvalue weighted by molar-refractivity contribution is 8.77. The fraction of sp³-hybridized carbons (Fsp3) is 0.750. The zero-order valence-corrected chi connectivity index (χ0v) is 30.9. The molecule has 4 fully saturated rings. The molecule has 2 saturated carbocycles. The molecule has 2 saturated heterocycles. The van der Waals surface area contributed by atoms with Crippen LogP contribution in [0.1, 0.15) is 104 Å². The fourth-order valence-corrected chi connectivity index (χ4v) is 14.4. The Morgan fingerprint density at radius 3 is 2.26 bits per heavy atom. The van der Waals surface area contributed by atoms with Crippen LogP contribution in [0.4, 0.5) is 0 Å². The van der Waals surface area contributed by atoms with Crippen LogP contribution in [0.25, 0.3) is 0 Å². The number of hydrogen-bond donors (Lipinski definition) is 0. The van der Waals surface area contributed by atoms with Crippen molar-refractivity contribution in [1.82, 2.24) is 0 Å². The number of cyclic esters (lactones) is 1. The molecule has 0 aromatic carbocycles. The standard InChI is InChI=1S/C36H52O6S4/c1-25-12-15-30-35(2,29(25)14-13-26-17-21-40-34(26)39)20-16-31(42-33(38)11-7-5-9-28-19-23-44-46-28)36(30,3)24-41-32(37)10-6-4-8-27-18-22-43-45-27/h13-14,17,27-31H,1,4-12,15-16,18-24H2,2-3H3/b14-13+/t27?,28?,29-,30+,31-,35+,36+/m1/s1. The summed E-state index contributed by atoms with van der Waals surface area (Å²) in [7, 11) is 7.89. The summed E-state index contributed by atoms with van der Waals surface area (Å²) in [5.74, 6) is 2.10. The Balaban J connectivity index is 1.24. The molecular weight excluding hydrogens is 657 g/mol. The molecule has 0 amide bonds. The van der Waals surface area contributed by atoms with E-state index in [1.165, 1.54) is 24.3 Å². The molecule has 0 bridgehead atoms. The minimum atomic E-state index is -0.522. The van der Waals surface area contributed by atoms with E-state index < -0.39 is 5.41 Å². The van der Waals surface area contributed by atoms with E-state index in [1.807, 2.05) is 55.3 Å². The van der Waals surface area contributed by atoms with Crippen molar-refractivity contribution in [2.75, 3.05) is 24.7 Å². The number of ether oxygens (including phenoxy) is 3. The fourth-order valence-electron chi connectivity index (χ4n) is 8.30. The normalized spacial score (nSPS) is 34.4. The van der Waals surface area contributed by atoms with Gasteiger partial charge in [-0.2, -0.15) is 0 Å². The lowest BCUT2D eigenvalue weighted by atomic mass is 9.46. The molecule has 0 aromatic heterocycles. The molecular formula is C36H52O6S4. The first-order valence-corrected chi connectivity index (χ1v) is 22.1. The lowest BCUT2D eigenvalue weighted by Gasteiger charge is -2.60. The van der Waals surface area contributed by atoms with Crippen molar-refractivity contribution in [3.05, 3.63) is 36.0 Å². The van der Waals surface area contributed by atoms with Crippen LogP contribution in [0.15, 0.2) is 36.0 Å². The Morgan fingerprint density at radius 2 is 1.65 bits per heavy atom. The highest BCUT2D eigenvalue weighted by Gasteiger charge is 2.59. The molecule has 2 unspecified atom stereocenters. The lowest BCUT2D eigenvalue weighted by molar-refractivity contribution is -0.191. The predicted octanol–water partition coefficient (Wildman–Crippen LogP) is 9.30. The third-order valence-corrected chi connectivity index (χ3v) is 17.0. The molecule has 6 nitrogen and oxygen atoms in total. The molecule has 2 aliphatic carbocycles. The van der Waals surface area contributed by atoms with Crippen molar-refractivity contribution >= 4 is 61.1 Å². The third-order valence-electron chi connectivity index (χ3n) is 11.0. The van der Waals surface area contributed by atoms with Gasteiger partial charge in [-0.05, 0) is 81.6 Å². The first-order chi connectivity index (χ1) is 22.2. The van der Waals surface area contributed by atoms with E-state index in [2.05, 4.69) is 26.5 Å². The van der Waals surface area contributed by atoms with Gasteiger partial charge in [0.05, 0.1) is 5.57 Å². The van der Waals surface area contributed by atoms with E-state index in [0.717, 1.165) is 68.6 Å². The highest BCUT2D eigenvalue weighted by atomic mass is 33.1. The maximum absolute atomic E-state index is 13.2. The average Bonchev–Trinajstić information content (AvgIpc) is 3.82. The van der Waals surface area contributed by atoms with Gasteiger partial charge in [-0.15, -0.1) is 0 Å². The van der Waals surface area contributed by atoms with Crippen LogP contribution in [0.3, 0.4) is 0 Å². The largest absolute Gasteiger partial charge is 0.465 e. The number of hydrogen-bond acceptors (Lipinski definition) is 10. The quantitative estimate of drug-likeness (QED) is 0.0540. The minimum absolute atomic E-state index is 0.0606. The molecule has 0 aromatic rings. The van der Waals surface area contributed by atoms with E-state index in [-0.39, 0.29) is 47.9 Å². The summed E-state index contributed by atoms with van der Waals surface area (Å²) < 4.78 is 17.5. The SMILES string of the molecule is C=C1CC[C@@H]2[C@](C)(COC(=O)CCCCC3CCSS3)[C@H](OC(=O)CCCCC3CCSS3)CC[C@@]2(C)[C@@H]1/C=C/C1=CCOC1=O. The lowest BCUT2D eigenvalue weighted by Crippen LogP contribution is -2.58. The Hall–Kier alpha value is -0.970. The summed E-state index contributed by atoms with van der Waals surface area (Å²) in [4.78, 5) is 38.4. The second-order valence-electron chi connectivity index (χ2n) is 14.2. The predicted molar refractivity (Wildman–Crippen MR) is 194 cm³/mol. The van der Waals surface area contributed by atoms with Crippen LogP contribution in [0, 0.1) is 22.7 Å². The number of allylic oxidation sites excluding steroid dienone is 2. The first-order valence-electron chi connectivity index (χ1n) is 17.3. The Labute approximate surface area is 292 Å². The molecule has 5 rings (SSSR count). The monoisotopic (exact) mass is 708 g/mol. The smallest absolute Gasteiger partial charge is 0.338 e. The number of rotatable bonds is 15. The molecule has 256 valence electrons. The molecule has 0 radical (unpaired) electrons. The van der Waals surface area contributed by atoms with Crippen LogP contribution in [0.2, 0.25) is 0 Å². The van der Waals surface area contributed by atoms with Gasteiger partial charge in [0.2, 0.25) is 0 Å². The van der Waals surface area contributed by atoms with Crippen LogP contribution in [0.5, 0.6) is 0 Å². The van der Waals surface area contributed by atoms with Gasteiger partial charge in [-0.1, -0.05) is 94.2 Å². The number of esters is 3. The second-order valence-corrected chi connectivity index (χ2v) is 19.8. The van der Waals surface area contributed by atoms with E-state index in [1.54, 1.807) is 0 Å². The first kappa shape index (κ1) is 36.3. The molecule has 3 heterocycles. The number of carbonyl (C=O) groups is 3. The molecule has 5 aliphatic rings. The zero-order valence-electron chi connectivity index (χ0n) is 27.6.